The van der Waals surface area contributed by atoms with E-state index in [1.54, 1.807) is 23.5 Å². The van der Waals surface area contributed by atoms with Gasteiger partial charge in [0.1, 0.15) is 0 Å². The van der Waals surface area contributed by atoms with Crippen molar-refractivity contribution in [2.45, 2.75) is 25.9 Å². The van der Waals surface area contributed by atoms with Crippen LogP contribution in [0.1, 0.15) is 30.9 Å². The van der Waals surface area contributed by atoms with Crippen molar-refractivity contribution in [3.05, 3.63) is 102 Å². The molecular formula is C31H22F3NS. The smallest absolute Gasteiger partial charge is 0.256 e. The molecule has 0 aliphatic rings. The van der Waals surface area contributed by atoms with Gasteiger partial charge in [0, 0.05) is 31.9 Å². The highest BCUT2D eigenvalue weighted by molar-refractivity contribution is 7.26. The molecule has 2 aromatic heterocycles. The highest BCUT2D eigenvalue weighted by Gasteiger charge is 2.33. The number of hydrogen-bond donors (Lipinski definition) is 0. The molecule has 0 radical (unpaired) electrons. The fraction of sp³-hybridized carbons (Fsp3) is 0.129. The normalized spacial score (nSPS) is 12.3. The molecule has 0 aliphatic carbocycles. The van der Waals surface area contributed by atoms with E-state index in [9.17, 15) is 13.2 Å². The van der Waals surface area contributed by atoms with Crippen LogP contribution < -0.4 is 0 Å². The quantitative estimate of drug-likeness (QED) is 0.237. The van der Waals surface area contributed by atoms with Crippen LogP contribution in [0.15, 0.2) is 91.1 Å². The van der Waals surface area contributed by atoms with Gasteiger partial charge in [-0.3, -0.25) is 4.98 Å². The lowest BCUT2D eigenvalue weighted by Gasteiger charge is -2.14. The zero-order chi connectivity index (χ0) is 25.0. The first-order valence-corrected chi connectivity index (χ1v) is 12.6. The van der Waals surface area contributed by atoms with Crippen LogP contribution in [-0.2, 0) is 6.18 Å². The monoisotopic (exact) mass is 497 g/mol. The Balaban J connectivity index is 1.58. The Morgan fingerprint density at radius 2 is 1.53 bits per heavy atom. The van der Waals surface area contributed by atoms with E-state index in [4.69, 9.17) is 4.98 Å². The average Bonchev–Trinajstić information content (AvgIpc) is 3.25. The topological polar surface area (TPSA) is 12.9 Å². The van der Waals surface area contributed by atoms with Crippen molar-refractivity contribution >= 4 is 42.3 Å². The maximum Gasteiger partial charge on any atom is 0.417 e. The molecule has 0 bridgehead atoms. The number of nitrogens with zero attached hydrogens (tertiary/aromatic N) is 1. The first kappa shape index (κ1) is 22.7. The minimum absolute atomic E-state index is 0.193. The van der Waals surface area contributed by atoms with Gasteiger partial charge in [-0.05, 0) is 63.7 Å². The van der Waals surface area contributed by atoms with Gasteiger partial charge in [0.05, 0.1) is 11.3 Å². The van der Waals surface area contributed by atoms with E-state index in [0.717, 1.165) is 37.5 Å². The van der Waals surface area contributed by atoms with E-state index in [1.807, 2.05) is 30.5 Å². The second kappa shape index (κ2) is 8.45. The third kappa shape index (κ3) is 3.75. The molecule has 5 heteroatoms. The van der Waals surface area contributed by atoms with E-state index >= 15 is 0 Å². The van der Waals surface area contributed by atoms with E-state index in [1.165, 1.54) is 28.5 Å². The summed E-state index contributed by atoms with van der Waals surface area (Å²) in [6.07, 6.45) is -2.59. The first-order chi connectivity index (χ1) is 17.3. The summed E-state index contributed by atoms with van der Waals surface area (Å²) in [7, 11) is 0. The Kier molecular flexibility index (Phi) is 5.34. The molecule has 0 unspecified atom stereocenters. The van der Waals surface area contributed by atoms with Crippen LogP contribution in [0.4, 0.5) is 13.2 Å². The maximum atomic E-state index is 13.7. The molecule has 0 aliphatic heterocycles. The zero-order valence-corrected chi connectivity index (χ0v) is 20.5. The number of halogens is 3. The Morgan fingerprint density at radius 1 is 0.750 bits per heavy atom. The molecule has 0 fully saturated rings. The van der Waals surface area contributed by atoms with Gasteiger partial charge < -0.3 is 0 Å². The van der Waals surface area contributed by atoms with Crippen molar-refractivity contribution in [3.8, 4) is 22.4 Å². The van der Waals surface area contributed by atoms with Crippen molar-refractivity contribution in [3.63, 3.8) is 0 Å². The molecule has 2 heterocycles. The molecule has 0 saturated heterocycles. The molecule has 178 valence electrons. The van der Waals surface area contributed by atoms with Crippen LogP contribution in [0.3, 0.4) is 0 Å². The summed E-state index contributed by atoms with van der Waals surface area (Å²) in [5.74, 6) is 0.351. The molecule has 6 aromatic rings. The van der Waals surface area contributed by atoms with Crippen LogP contribution in [0.25, 0.3) is 53.3 Å². The van der Waals surface area contributed by atoms with Crippen molar-refractivity contribution in [1.29, 1.82) is 0 Å². The summed E-state index contributed by atoms with van der Waals surface area (Å²) in [6.45, 7) is 4.39. The number of thiophene rings is 1. The summed E-state index contributed by atoms with van der Waals surface area (Å²) in [6, 6.07) is 26.1. The van der Waals surface area contributed by atoms with Crippen molar-refractivity contribution in [1.82, 2.24) is 4.98 Å². The average molecular weight is 498 g/mol. The van der Waals surface area contributed by atoms with Gasteiger partial charge in [-0.2, -0.15) is 13.2 Å². The largest absolute Gasteiger partial charge is 0.417 e. The highest BCUT2D eigenvalue weighted by atomic mass is 32.1. The van der Waals surface area contributed by atoms with Crippen LogP contribution in [0.5, 0.6) is 0 Å². The van der Waals surface area contributed by atoms with E-state index < -0.39 is 11.7 Å². The fourth-order valence-electron chi connectivity index (χ4n) is 5.04. The van der Waals surface area contributed by atoms with Gasteiger partial charge in [0.25, 0.3) is 0 Å². The van der Waals surface area contributed by atoms with Crippen LogP contribution in [0.2, 0.25) is 0 Å². The standard InChI is InChI=1S/C31H22F3NS/c1-18(2)25-16-21(15-19-7-3-4-8-22(19)25)30-29-24-12-11-20(17-28(24)36-27(29)13-14-35-30)23-9-5-6-10-26(23)31(32,33)34/h3-18H,1-2H3. The molecule has 1 nitrogen and oxygen atoms in total. The SMILES string of the molecule is CC(C)c1cc(-c2nccc3sc4cc(-c5ccccc5C(F)(F)F)ccc4c23)cc2ccccc12. The third-order valence-electron chi connectivity index (χ3n) is 6.72. The first-order valence-electron chi connectivity index (χ1n) is 11.8. The summed E-state index contributed by atoms with van der Waals surface area (Å²) in [5, 5.41) is 4.46. The molecule has 36 heavy (non-hydrogen) atoms. The minimum atomic E-state index is -4.41. The lowest BCUT2D eigenvalue weighted by molar-refractivity contribution is -0.137. The number of rotatable bonds is 3. The van der Waals surface area contributed by atoms with E-state index in [2.05, 4.69) is 44.2 Å². The molecule has 0 saturated carbocycles. The lowest BCUT2D eigenvalue weighted by atomic mass is 9.91. The van der Waals surface area contributed by atoms with Crippen LogP contribution in [-0.4, -0.2) is 4.98 Å². The van der Waals surface area contributed by atoms with Crippen molar-refractivity contribution in [2.75, 3.05) is 0 Å². The molecule has 0 amide bonds. The number of benzene rings is 4. The Bertz CT molecular complexity index is 1760. The maximum absolute atomic E-state index is 13.7. The van der Waals surface area contributed by atoms with E-state index in [-0.39, 0.29) is 5.56 Å². The summed E-state index contributed by atoms with van der Waals surface area (Å²) in [4.78, 5) is 4.79. The number of alkyl halides is 3. The lowest BCUT2D eigenvalue weighted by Crippen LogP contribution is -2.06. The Hall–Kier alpha value is -3.70. The highest BCUT2D eigenvalue weighted by Crippen LogP contribution is 2.43. The predicted octanol–water partition coefficient (Wildman–Crippen LogP) is 10.1. The molecule has 0 spiro atoms. The van der Waals surface area contributed by atoms with Gasteiger partial charge in [-0.1, -0.05) is 68.4 Å². The van der Waals surface area contributed by atoms with E-state index in [0.29, 0.717) is 11.5 Å². The fourth-order valence-corrected chi connectivity index (χ4v) is 6.18. The second-order valence-corrected chi connectivity index (χ2v) is 10.4. The summed E-state index contributed by atoms with van der Waals surface area (Å²) >= 11 is 1.59. The molecule has 0 N–H and O–H groups in total. The number of pyridine rings is 1. The van der Waals surface area contributed by atoms with Gasteiger partial charge >= 0.3 is 6.18 Å². The molecule has 0 atom stereocenters. The number of aromatic nitrogens is 1. The third-order valence-corrected chi connectivity index (χ3v) is 7.83. The number of fused-ring (bicyclic) bond motifs is 4. The second-order valence-electron chi connectivity index (χ2n) is 9.33. The van der Waals surface area contributed by atoms with Gasteiger partial charge in [-0.15, -0.1) is 11.3 Å². The molecule has 4 aromatic carbocycles. The number of hydrogen-bond acceptors (Lipinski definition) is 2. The van der Waals surface area contributed by atoms with Gasteiger partial charge in [-0.25, -0.2) is 0 Å². The zero-order valence-electron chi connectivity index (χ0n) is 19.7. The van der Waals surface area contributed by atoms with Crippen molar-refractivity contribution < 1.29 is 13.2 Å². The van der Waals surface area contributed by atoms with Crippen LogP contribution in [0, 0.1) is 0 Å². The summed E-state index contributed by atoms with van der Waals surface area (Å²) in [5.41, 5.74) is 3.35. The van der Waals surface area contributed by atoms with Gasteiger partial charge in [0.15, 0.2) is 0 Å². The predicted molar refractivity (Wildman–Crippen MR) is 145 cm³/mol. The molecule has 6 rings (SSSR count). The van der Waals surface area contributed by atoms with Gasteiger partial charge in [0.2, 0.25) is 0 Å². The molecular weight excluding hydrogens is 475 g/mol. The Morgan fingerprint density at radius 3 is 2.33 bits per heavy atom. The minimum Gasteiger partial charge on any atom is -0.256 e. The van der Waals surface area contributed by atoms with Crippen LogP contribution >= 0.6 is 11.3 Å². The van der Waals surface area contributed by atoms with Crippen molar-refractivity contribution in [2.24, 2.45) is 0 Å². The Labute approximate surface area is 210 Å². The summed E-state index contributed by atoms with van der Waals surface area (Å²) < 4.78 is 43.0.